The molecule has 0 unspecified atom stereocenters. The molecule has 0 saturated carbocycles. The molecule has 5 aromatic rings. The first kappa shape index (κ1) is 23.1. The van der Waals surface area contributed by atoms with Crippen LogP contribution in [0.1, 0.15) is 22.7 Å². The number of aliphatic imine (C=N–C) groups is 1. The van der Waals surface area contributed by atoms with Crippen LogP contribution >= 0.6 is 11.8 Å². The zero-order chi connectivity index (χ0) is 25.4. The summed E-state index contributed by atoms with van der Waals surface area (Å²) in [5.41, 5.74) is 5.12. The monoisotopic (exact) mass is 503 g/mol. The molecule has 2 aromatic heterocycles. The van der Waals surface area contributed by atoms with Gasteiger partial charge in [-0.15, -0.1) is 0 Å². The van der Waals surface area contributed by atoms with E-state index in [1.807, 2.05) is 48.5 Å². The number of thioether (sulfide) groups is 1. The second-order valence-electron chi connectivity index (χ2n) is 9.00. The number of aryl methyl sites for hydroxylation is 1. The van der Waals surface area contributed by atoms with Crippen LogP contribution in [0.15, 0.2) is 112 Å². The Bertz CT molecular complexity index is 1660. The first-order valence-electron chi connectivity index (χ1n) is 12.1. The van der Waals surface area contributed by atoms with E-state index in [4.69, 9.17) is 9.41 Å². The Morgan fingerprint density at radius 2 is 1.68 bits per heavy atom. The highest BCUT2D eigenvalue weighted by atomic mass is 32.2. The molecular formula is C31H25N3O2S. The second kappa shape index (κ2) is 9.64. The van der Waals surface area contributed by atoms with E-state index < -0.39 is 0 Å². The Morgan fingerprint density at radius 3 is 2.46 bits per heavy atom. The average molecular weight is 504 g/mol. The molecule has 1 aliphatic heterocycles. The van der Waals surface area contributed by atoms with Crippen molar-refractivity contribution in [3.8, 4) is 5.69 Å². The van der Waals surface area contributed by atoms with E-state index in [1.54, 1.807) is 11.2 Å². The number of amidine groups is 1. The number of rotatable bonds is 5. The maximum absolute atomic E-state index is 13.6. The Hall–Kier alpha value is -4.29. The summed E-state index contributed by atoms with van der Waals surface area (Å²) in [5.74, 6) is 0.636. The number of amides is 1. The lowest BCUT2D eigenvalue weighted by Crippen LogP contribution is -2.28. The summed E-state index contributed by atoms with van der Waals surface area (Å²) in [6.45, 7) is 4.52. The summed E-state index contributed by atoms with van der Waals surface area (Å²) in [5, 5.41) is 3.05. The summed E-state index contributed by atoms with van der Waals surface area (Å²) in [7, 11) is 0. The minimum absolute atomic E-state index is 0.0772. The van der Waals surface area contributed by atoms with Crippen molar-refractivity contribution in [1.82, 2.24) is 9.47 Å². The lowest BCUT2D eigenvalue weighted by molar-refractivity contribution is -0.122. The third-order valence-corrected chi connectivity index (χ3v) is 7.52. The number of fused-ring (bicyclic) bond motifs is 1. The Balaban J connectivity index is 1.37. The van der Waals surface area contributed by atoms with E-state index in [2.05, 4.69) is 66.9 Å². The van der Waals surface area contributed by atoms with Crippen LogP contribution in [0.25, 0.3) is 22.5 Å². The minimum atomic E-state index is -0.0772. The van der Waals surface area contributed by atoms with Gasteiger partial charge in [-0.3, -0.25) is 9.69 Å². The quantitative estimate of drug-likeness (QED) is 0.232. The van der Waals surface area contributed by atoms with E-state index >= 15 is 0 Å². The normalized spacial score (nSPS) is 15.9. The molecule has 3 heterocycles. The third kappa shape index (κ3) is 4.52. The number of carbonyl (C=O) groups excluding carboxylic acids is 1. The minimum Gasteiger partial charge on any atom is -0.467 e. The van der Waals surface area contributed by atoms with Gasteiger partial charge < -0.3 is 8.98 Å². The van der Waals surface area contributed by atoms with Gasteiger partial charge in [0.05, 0.1) is 23.4 Å². The smallest absolute Gasteiger partial charge is 0.267 e. The summed E-state index contributed by atoms with van der Waals surface area (Å²) < 4.78 is 7.77. The van der Waals surface area contributed by atoms with Gasteiger partial charge in [-0.2, -0.15) is 0 Å². The van der Waals surface area contributed by atoms with Gasteiger partial charge in [-0.1, -0.05) is 48.5 Å². The zero-order valence-corrected chi connectivity index (χ0v) is 21.4. The van der Waals surface area contributed by atoms with Gasteiger partial charge in [0.15, 0.2) is 5.17 Å². The molecule has 0 spiro atoms. The molecule has 0 N–H and O–H groups in total. The molecule has 0 atom stereocenters. The molecular weight excluding hydrogens is 478 g/mol. The fourth-order valence-electron chi connectivity index (χ4n) is 4.69. The molecule has 1 aliphatic rings. The molecule has 1 amide bonds. The van der Waals surface area contributed by atoms with Crippen LogP contribution in [0, 0.1) is 13.8 Å². The molecule has 0 bridgehead atoms. The third-order valence-electron chi connectivity index (χ3n) is 6.51. The predicted molar refractivity (Wildman–Crippen MR) is 151 cm³/mol. The van der Waals surface area contributed by atoms with Crippen LogP contribution in [0.4, 0.5) is 5.69 Å². The van der Waals surface area contributed by atoms with Crippen molar-refractivity contribution >= 4 is 45.4 Å². The first-order chi connectivity index (χ1) is 18.1. The van der Waals surface area contributed by atoms with Gasteiger partial charge in [0.2, 0.25) is 0 Å². The average Bonchev–Trinajstić information content (AvgIpc) is 3.60. The summed E-state index contributed by atoms with van der Waals surface area (Å²) in [6.07, 6.45) is 3.60. The molecule has 1 fully saturated rings. The Kier molecular flexibility index (Phi) is 6.02. The van der Waals surface area contributed by atoms with Crippen LogP contribution in [0.3, 0.4) is 0 Å². The van der Waals surface area contributed by atoms with Gasteiger partial charge in [-0.25, -0.2) is 4.99 Å². The number of hydrogen-bond donors (Lipinski definition) is 0. The molecule has 6 heteroatoms. The lowest BCUT2D eigenvalue weighted by Gasteiger charge is -2.13. The number of aromatic nitrogens is 1. The maximum atomic E-state index is 13.6. The molecule has 3 aromatic carbocycles. The van der Waals surface area contributed by atoms with Crippen molar-refractivity contribution in [1.29, 1.82) is 0 Å². The molecule has 0 aliphatic carbocycles. The first-order valence-corrected chi connectivity index (χ1v) is 12.9. The van der Waals surface area contributed by atoms with Crippen LogP contribution in [-0.4, -0.2) is 20.5 Å². The maximum Gasteiger partial charge on any atom is 0.267 e. The lowest BCUT2D eigenvalue weighted by atomic mass is 10.1. The van der Waals surface area contributed by atoms with Crippen molar-refractivity contribution in [2.45, 2.75) is 20.4 Å². The highest BCUT2D eigenvalue weighted by Crippen LogP contribution is 2.36. The summed E-state index contributed by atoms with van der Waals surface area (Å²) in [6, 6.07) is 30.4. The zero-order valence-electron chi connectivity index (χ0n) is 20.6. The van der Waals surface area contributed by atoms with Crippen molar-refractivity contribution in [2.24, 2.45) is 4.99 Å². The van der Waals surface area contributed by atoms with Crippen molar-refractivity contribution < 1.29 is 9.21 Å². The fourth-order valence-corrected chi connectivity index (χ4v) is 5.68. The second-order valence-corrected chi connectivity index (χ2v) is 10.0. The van der Waals surface area contributed by atoms with E-state index in [0.29, 0.717) is 22.4 Å². The summed E-state index contributed by atoms with van der Waals surface area (Å²) in [4.78, 5) is 20.7. The van der Waals surface area contributed by atoms with E-state index in [9.17, 15) is 4.79 Å². The number of para-hydroxylation sites is 1. The molecule has 6 rings (SSSR count). The number of carbonyl (C=O) groups is 1. The molecule has 5 nitrogen and oxygen atoms in total. The largest absolute Gasteiger partial charge is 0.467 e. The number of benzene rings is 3. The van der Waals surface area contributed by atoms with E-state index in [-0.39, 0.29) is 5.91 Å². The molecule has 1 saturated heterocycles. The van der Waals surface area contributed by atoms with Crippen LogP contribution in [0.5, 0.6) is 0 Å². The van der Waals surface area contributed by atoms with Crippen LogP contribution < -0.4 is 0 Å². The number of furan rings is 1. The topological polar surface area (TPSA) is 50.7 Å². The van der Waals surface area contributed by atoms with Crippen LogP contribution in [0.2, 0.25) is 0 Å². The van der Waals surface area contributed by atoms with E-state index in [0.717, 1.165) is 28.3 Å². The van der Waals surface area contributed by atoms with Crippen molar-refractivity contribution in [3.63, 3.8) is 0 Å². The van der Waals surface area contributed by atoms with Gasteiger partial charge in [0.25, 0.3) is 5.91 Å². The molecule has 0 radical (unpaired) electrons. The number of nitrogens with zero attached hydrogens (tertiary/aromatic N) is 3. The van der Waals surface area contributed by atoms with E-state index in [1.165, 1.54) is 22.5 Å². The highest BCUT2D eigenvalue weighted by molar-refractivity contribution is 8.18. The number of hydrogen-bond acceptors (Lipinski definition) is 4. The van der Waals surface area contributed by atoms with Gasteiger partial charge in [-0.05, 0) is 90.5 Å². The Labute approximate surface area is 219 Å². The highest BCUT2D eigenvalue weighted by Gasteiger charge is 2.34. The van der Waals surface area contributed by atoms with Crippen molar-refractivity contribution in [3.05, 3.63) is 125 Å². The fraction of sp³-hybridized carbons (Fsp3) is 0.0968. The molecule has 37 heavy (non-hydrogen) atoms. The van der Waals surface area contributed by atoms with Crippen LogP contribution in [-0.2, 0) is 11.3 Å². The van der Waals surface area contributed by atoms with Gasteiger partial charge in [0, 0.05) is 17.1 Å². The molecule has 182 valence electrons. The Morgan fingerprint density at radius 1 is 0.892 bits per heavy atom. The van der Waals surface area contributed by atoms with Gasteiger partial charge >= 0.3 is 0 Å². The summed E-state index contributed by atoms with van der Waals surface area (Å²) >= 11 is 1.40. The SMILES string of the molecule is Cc1cc(/C=C2\SC(=Nc3ccccc3)N(Cc3ccco3)C2=O)c(C)n1-c1ccc2ccccc2c1. The van der Waals surface area contributed by atoms with Gasteiger partial charge in [0.1, 0.15) is 5.76 Å². The standard InChI is InChI=1S/C31H25N3O2S/c1-21-17-25(22(2)34(21)27-15-14-23-9-6-7-10-24(23)18-27)19-29-30(35)33(20-28-13-8-16-36-28)31(37-29)32-26-11-4-3-5-12-26/h3-19H,20H2,1-2H3/b29-19-,32-31?. The predicted octanol–water partition coefficient (Wildman–Crippen LogP) is 7.64. The van der Waals surface area contributed by atoms with Crippen molar-refractivity contribution in [2.75, 3.05) is 0 Å².